The Labute approximate surface area is 128 Å². The number of hydrogen-bond acceptors (Lipinski definition) is 6. The Morgan fingerprint density at radius 2 is 1.68 bits per heavy atom. The number of nitro groups is 1. The first-order valence-electron chi connectivity index (χ1n) is 7.07. The third kappa shape index (κ3) is 5.33. The molecule has 2 aliphatic rings. The van der Waals surface area contributed by atoms with Gasteiger partial charge in [-0.3, -0.25) is 10.1 Å². The Morgan fingerprint density at radius 1 is 1.18 bits per heavy atom. The molecule has 2 saturated carbocycles. The van der Waals surface area contributed by atoms with Crippen molar-refractivity contribution in [1.29, 1.82) is 0 Å². The van der Waals surface area contributed by atoms with Gasteiger partial charge in [0, 0.05) is 12.1 Å². The molecule has 0 spiro atoms. The first-order chi connectivity index (χ1) is 10.2. The van der Waals surface area contributed by atoms with Crippen LogP contribution < -0.4 is 4.74 Å². The average Bonchev–Trinajstić information content (AvgIpc) is 3.32. The van der Waals surface area contributed by atoms with Crippen LogP contribution in [0, 0.1) is 10.1 Å². The zero-order chi connectivity index (χ0) is 16.4. The fourth-order valence-electron chi connectivity index (χ4n) is 1.41. The van der Waals surface area contributed by atoms with Crippen LogP contribution in [0.15, 0.2) is 24.3 Å². The number of ether oxygens (including phenoxy) is 2. The third-order valence-corrected chi connectivity index (χ3v) is 3.51. The van der Waals surface area contributed by atoms with Crippen LogP contribution in [0.1, 0.15) is 39.5 Å². The summed E-state index contributed by atoms with van der Waals surface area (Å²) in [6, 6.07) is 5.24. The summed E-state index contributed by atoms with van der Waals surface area (Å²) >= 11 is 0. The number of non-ortho nitro benzene ring substituents is 1. The van der Waals surface area contributed by atoms with Crippen molar-refractivity contribution >= 4 is 11.8 Å². The van der Waals surface area contributed by atoms with Crippen molar-refractivity contribution in [2.75, 3.05) is 0 Å². The summed E-state index contributed by atoms with van der Waals surface area (Å²) in [7, 11) is 0. The lowest BCUT2D eigenvalue weighted by Gasteiger charge is -2.10. The van der Waals surface area contributed by atoms with Gasteiger partial charge in [-0.1, -0.05) is 0 Å². The summed E-state index contributed by atoms with van der Waals surface area (Å²) in [6.45, 7) is 3.68. The highest BCUT2D eigenvalue weighted by Crippen LogP contribution is 2.39. The molecule has 3 rings (SSSR count). The summed E-state index contributed by atoms with van der Waals surface area (Å²) in [5, 5.41) is 19.0. The molecule has 2 fully saturated rings. The Balaban J connectivity index is 0.000000299. The van der Waals surface area contributed by atoms with Gasteiger partial charge in [0.15, 0.2) is 0 Å². The number of benzene rings is 1. The number of aliphatic hydroxyl groups is 1. The highest BCUT2D eigenvalue weighted by atomic mass is 16.7. The molecule has 120 valence electrons. The van der Waals surface area contributed by atoms with E-state index in [9.17, 15) is 14.9 Å². The molecule has 2 aliphatic carbocycles. The van der Waals surface area contributed by atoms with Gasteiger partial charge >= 0.3 is 6.16 Å². The Hall–Kier alpha value is -2.15. The molecule has 1 aromatic rings. The molecule has 22 heavy (non-hydrogen) atoms. The van der Waals surface area contributed by atoms with Crippen LogP contribution in [0.5, 0.6) is 5.75 Å². The van der Waals surface area contributed by atoms with Gasteiger partial charge in [0.1, 0.15) is 11.4 Å². The van der Waals surface area contributed by atoms with Crippen molar-refractivity contribution in [3.8, 4) is 5.75 Å². The molecule has 0 atom stereocenters. The molecule has 0 amide bonds. The smallest absolute Gasteiger partial charge is 0.428 e. The molecular weight excluding hydrogens is 290 g/mol. The van der Waals surface area contributed by atoms with Crippen molar-refractivity contribution in [3.63, 3.8) is 0 Å². The van der Waals surface area contributed by atoms with Gasteiger partial charge in [-0.05, 0) is 51.7 Å². The van der Waals surface area contributed by atoms with Gasteiger partial charge in [0.2, 0.25) is 0 Å². The minimum Gasteiger partial charge on any atom is -0.428 e. The van der Waals surface area contributed by atoms with Gasteiger partial charge in [0.25, 0.3) is 5.69 Å². The van der Waals surface area contributed by atoms with Crippen LogP contribution in [0.2, 0.25) is 0 Å². The Bertz CT molecular complexity index is 556. The standard InChI is InChI=1S/C11H11NO5.C4H8O/c1-11(6-7-11)17-10(13)16-9-4-2-8(3-5-9)12(14)15;1-4(5)2-3-4/h2-5H,6-7H2,1H3;5H,2-3H2,1H3. The fraction of sp³-hybridized carbons (Fsp3) is 0.533. The topological polar surface area (TPSA) is 98.9 Å². The average molecular weight is 309 g/mol. The van der Waals surface area contributed by atoms with Crippen molar-refractivity contribution in [1.82, 2.24) is 0 Å². The zero-order valence-corrected chi connectivity index (χ0v) is 12.6. The number of nitro benzene ring substituents is 1. The predicted molar refractivity (Wildman–Crippen MR) is 77.7 cm³/mol. The van der Waals surface area contributed by atoms with E-state index in [2.05, 4.69) is 0 Å². The van der Waals surface area contributed by atoms with E-state index in [4.69, 9.17) is 14.6 Å². The van der Waals surface area contributed by atoms with E-state index in [0.717, 1.165) is 25.7 Å². The molecule has 0 unspecified atom stereocenters. The molecule has 0 heterocycles. The minimum absolute atomic E-state index is 0.0557. The summed E-state index contributed by atoms with van der Waals surface area (Å²) in [4.78, 5) is 21.2. The van der Waals surface area contributed by atoms with Gasteiger partial charge in [-0.2, -0.15) is 0 Å². The summed E-state index contributed by atoms with van der Waals surface area (Å²) in [5.74, 6) is 0.227. The maximum Gasteiger partial charge on any atom is 0.514 e. The Morgan fingerprint density at radius 3 is 2.05 bits per heavy atom. The highest BCUT2D eigenvalue weighted by Gasteiger charge is 2.42. The molecule has 0 aliphatic heterocycles. The first kappa shape index (κ1) is 16.2. The maximum absolute atomic E-state index is 11.3. The van der Waals surface area contributed by atoms with Gasteiger partial charge in [0.05, 0.1) is 10.5 Å². The molecule has 0 aromatic heterocycles. The van der Waals surface area contributed by atoms with Crippen molar-refractivity contribution < 1.29 is 24.3 Å². The van der Waals surface area contributed by atoms with Crippen LogP contribution in [-0.4, -0.2) is 27.4 Å². The van der Waals surface area contributed by atoms with E-state index in [0.29, 0.717) is 0 Å². The Kier molecular flexibility index (Phi) is 4.37. The van der Waals surface area contributed by atoms with E-state index < -0.39 is 16.7 Å². The molecule has 0 radical (unpaired) electrons. The number of nitrogens with zero attached hydrogens (tertiary/aromatic N) is 1. The summed E-state index contributed by atoms with van der Waals surface area (Å²) < 4.78 is 9.92. The van der Waals surface area contributed by atoms with Crippen LogP contribution >= 0.6 is 0 Å². The lowest BCUT2D eigenvalue weighted by Crippen LogP contribution is -2.19. The van der Waals surface area contributed by atoms with Crippen LogP contribution in [0.3, 0.4) is 0 Å². The molecule has 0 bridgehead atoms. The summed E-state index contributed by atoms with van der Waals surface area (Å²) in [6.07, 6.45) is 2.91. The largest absolute Gasteiger partial charge is 0.514 e. The van der Waals surface area contributed by atoms with E-state index in [1.54, 1.807) is 0 Å². The number of carbonyl (C=O) groups excluding carboxylic acids is 1. The fourth-order valence-corrected chi connectivity index (χ4v) is 1.41. The second-order valence-electron chi connectivity index (χ2n) is 6.15. The van der Waals surface area contributed by atoms with E-state index in [1.165, 1.54) is 24.3 Å². The molecule has 1 N–H and O–H groups in total. The van der Waals surface area contributed by atoms with Crippen molar-refractivity contribution in [3.05, 3.63) is 34.4 Å². The molecule has 7 heteroatoms. The SMILES string of the molecule is CC1(O)CC1.CC1(OC(=O)Oc2ccc([N+](=O)[O-])cc2)CC1. The van der Waals surface area contributed by atoms with E-state index >= 15 is 0 Å². The molecule has 7 nitrogen and oxygen atoms in total. The first-order valence-corrected chi connectivity index (χ1v) is 7.07. The summed E-state index contributed by atoms with van der Waals surface area (Å²) in [5.41, 5.74) is -0.697. The van der Waals surface area contributed by atoms with Gasteiger partial charge in [-0.15, -0.1) is 0 Å². The van der Waals surface area contributed by atoms with Gasteiger partial charge < -0.3 is 14.6 Å². The molecular formula is C15H19NO6. The number of rotatable bonds is 3. The number of carbonyl (C=O) groups is 1. The normalized spacial score (nSPS) is 19.2. The lowest BCUT2D eigenvalue weighted by atomic mass is 10.3. The van der Waals surface area contributed by atoms with E-state index in [-0.39, 0.29) is 17.0 Å². The minimum atomic E-state index is -0.779. The molecule has 1 aromatic carbocycles. The quantitative estimate of drug-likeness (QED) is 0.398. The van der Waals surface area contributed by atoms with Crippen molar-refractivity contribution in [2.45, 2.75) is 50.7 Å². The maximum atomic E-state index is 11.3. The highest BCUT2D eigenvalue weighted by molar-refractivity contribution is 5.64. The van der Waals surface area contributed by atoms with E-state index in [1.807, 2.05) is 13.8 Å². The number of hydrogen-bond donors (Lipinski definition) is 1. The van der Waals surface area contributed by atoms with Crippen molar-refractivity contribution in [2.24, 2.45) is 0 Å². The monoisotopic (exact) mass is 309 g/mol. The second kappa shape index (κ2) is 5.92. The second-order valence-corrected chi connectivity index (χ2v) is 6.15. The predicted octanol–water partition coefficient (Wildman–Crippen LogP) is 3.19. The zero-order valence-electron chi connectivity index (χ0n) is 12.6. The van der Waals surface area contributed by atoms with Crippen LogP contribution in [-0.2, 0) is 4.74 Å². The van der Waals surface area contributed by atoms with Crippen LogP contribution in [0.25, 0.3) is 0 Å². The van der Waals surface area contributed by atoms with Gasteiger partial charge in [-0.25, -0.2) is 4.79 Å². The molecule has 0 saturated heterocycles. The van der Waals surface area contributed by atoms with Crippen LogP contribution in [0.4, 0.5) is 10.5 Å². The third-order valence-electron chi connectivity index (χ3n) is 3.51. The lowest BCUT2D eigenvalue weighted by molar-refractivity contribution is -0.384.